The maximum absolute atomic E-state index is 12.9. The van der Waals surface area contributed by atoms with Crippen molar-refractivity contribution in [1.82, 2.24) is 10.2 Å². The normalized spacial score (nSPS) is 21.0. The van der Waals surface area contributed by atoms with Crippen LogP contribution < -0.4 is 20.4 Å². The minimum atomic E-state index is -0.521. The van der Waals surface area contributed by atoms with E-state index in [2.05, 4.69) is 47.6 Å². The molecule has 0 bridgehead atoms. The summed E-state index contributed by atoms with van der Waals surface area (Å²) in [6, 6.07) is 13.8. The fourth-order valence-electron chi connectivity index (χ4n) is 5.81. The highest BCUT2D eigenvalue weighted by Crippen LogP contribution is 2.45. The Balaban J connectivity index is 1.62. The molecule has 4 rings (SSSR count). The van der Waals surface area contributed by atoms with Crippen LogP contribution >= 0.6 is 0 Å². The van der Waals surface area contributed by atoms with Crippen molar-refractivity contribution in [2.45, 2.75) is 65.6 Å². The number of nitrogens with zero attached hydrogens (tertiary/aromatic N) is 3. The van der Waals surface area contributed by atoms with Gasteiger partial charge >= 0.3 is 6.09 Å². The fourth-order valence-corrected chi connectivity index (χ4v) is 5.81. The lowest BCUT2D eigenvalue weighted by Gasteiger charge is -2.46. The Morgan fingerprint density at radius 2 is 1.65 bits per heavy atom. The number of anilines is 3. The van der Waals surface area contributed by atoms with Crippen LogP contribution in [-0.4, -0.2) is 67.7 Å². The molecule has 2 heterocycles. The van der Waals surface area contributed by atoms with Crippen molar-refractivity contribution in [3.63, 3.8) is 0 Å². The summed E-state index contributed by atoms with van der Waals surface area (Å²) in [7, 11) is 1.62. The van der Waals surface area contributed by atoms with E-state index in [9.17, 15) is 14.4 Å². The highest BCUT2D eigenvalue weighted by atomic mass is 16.6. The first-order valence-electron chi connectivity index (χ1n) is 14.2. The zero-order valence-electron chi connectivity index (χ0n) is 24.8. The van der Waals surface area contributed by atoms with Crippen molar-refractivity contribution in [3.8, 4) is 0 Å². The van der Waals surface area contributed by atoms with Gasteiger partial charge in [0.2, 0.25) is 5.91 Å². The molecule has 0 saturated carbocycles. The summed E-state index contributed by atoms with van der Waals surface area (Å²) in [4.78, 5) is 43.4. The van der Waals surface area contributed by atoms with E-state index >= 15 is 0 Å². The number of amides is 3. The number of hydrogen-bond acceptors (Lipinski definition) is 6. The van der Waals surface area contributed by atoms with Crippen molar-refractivity contribution in [2.75, 3.05) is 48.3 Å². The number of fused-ring (bicyclic) bond motifs is 1. The van der Waals surface area contributed by atoms with E-state index in [1.807, 2.05) is 49.9 Å². The molecule has 0 spiro atoms. The van der Waals surface area contributed by atoms with Crippen LogP contribution in [0.25, 0.3) is 0 Å². The molecule has 2 aromatic carbocycles. The van der Waals surface area contributed by atoms with Crippen LogP contribution in [0.4, 0.5) is 21.9 Å². The summed E-state index contributed by atoms with van der Waals surface area (Å²) in [5.74, 6) is 0.0498. The fraction of sp³-hybridized carbons (Fsp3) is 0.516. The van der Waals surface area contributed by atoms with Gasteiger partial charge in [0.05, 0.1) is 6.04 Å². The second kappa shape index (κ2) is 11.8. The SMILES string of the molecule is CCC1[C@H](C)C(Nc2ccc(C(=O)NC)cc2)c2cc(N3CCN(C(=O)OC(C)(C)C)CC3)ccc2N1C(C)=O. The third kappa shape index (κ3) is 6.18. The maximum atomic E-state index is 12.9. The van der Waals surface area contributed by atoms with E-state index in [4.69, 9.17) is 4.74 Å². The summed E-state index contributed by atoms with van der Waals surface area (Å²) in [6.07, 6.45) is 0.559. The van der Waals surface area contributed by atoms with E-state index in [1.54, 1.807) is 18.9 Å². The summed E-state index contributed by atoms with van der Waals surface area (Å²) in [5, 5.41) is 6.37. The van der Waals surface area contributed by atoms with Gasteiger partial charge in [0.15, 0.2) is 0 Å². The van der Waals surface area contributed by atoms with Crippen molar-refractivity contribution in [1.29, 1.82) is 0 Å². The molecular formula is C31H43N5O4. The first-order chi connectivity index (χ1) is 18.9. The molecule has 0 radical (unpaired) electrons. The number of hydrogen-bond donors (Lipinski definition) is 2. The van der Waals surface area contributed by atoms with Crippen molar-refractivity contribution >= 4 is 35.0 Å². The molecule has 9 heteroatoms. The summed E-state index contributed by atoms with van der Waals surface area (Å²) < 4.78 is 5.56. The highest BCUT2D eigenvalue weighted by Gasteiger charge is 2.40. The second-order valence-electron chi connectivity index (χ2n) is 11.7. The van der Waals surface area contributed by atoms with E-state index in [0.717, 1.165) is 29.0 Å². The first-order valence-corrected chi connectivity index (χ1v) is 14.2. The van der Waals surface area contributed by atoms with E-state index in [0.29, 0.717) is 31.7 Å². The van der Waals surface area contributed by atoms with Crippen LogP contribution in [0.1, 0.15) is 69.9 Å². The topological polar surface area (TPSA) is 94.2 Å². The van der Waals surface area contributed by atoms with Crippen LogP contribution in [0, 0.1) is 5.92 Å². The number of carbonyl (C=O) groups excluding carboxylic acids is 3. The van der Waals surface area contributed by atoms with Crippen LogP contribution in [0.15, 0.2) is 42.5 Å². The molecule has 3 amide bonds. The van der Waals surface area contributed by atoms with Crippen LogP contribution in [-0.2, 0) is 9.53 Å². The molecule has 1 saturated heterocycles. The number of benzene rings is 2. The molecule has 2 N–H and O–H groups in total. The minimum Gasteiger partial charge on any atom is -0.444 e. The van der Waals surface area contributed by atoms with Gasteiger partial charge in [0.1, 0.15) is 5.60 Å². The number of ether oxygens (including phenoxy) is 1. The smallest absolute Gasteiger partial charge is 0.410 e. The molecule has 216 valence electrons. The van der Waals surface area contributed by atoms with Gasteiger partial charge < -0.3 is 30.1 Å². The number of rotatable bonds is 5. The average Bonchev–Trinajstić information content (AvgIpc) is 2.92. The first kappa shape index (κ1) is 29.2. The third-order valence-corrected chi connectivity index (χ3v) is 7.82. The molecule has 40 heavy (non-hydrogen) atoms. The molecule has 3 atom stereocenters. The lowest BCUT2D eigenvalue weighted by molar-refractivity contribution is -0.117. The Hall–Kier alpha value is -3.75. The van der Waals surface area contributed by atoms with Gasteiger partial charge in [-0.2, -0.15) is 0 Å². The summed E-state index contributed by atoms with van der Waals surface area (Å²) in [6.45, 7) is 14.1. The molecule has 1 fully saturated rings. The van der Waals surface area contributed by atoms with Gasteiger partial charge in [-0.3, -0.25) is 9.59 Å². The molecule has 2 aliphatic heterocycles. The number of nitrogens with one attached hydrogen (secondary N) is 2. The lowest BCUT2D eigenvalue weighted by Crippen LogP contribution is -2.51. The Kier molecular flexibility index (Phi) is 8.61. The van der Waals surface area contributed by atoms with Gasteiger partial charge in [-0.25, -0.2) is 4.79 Å². The predicted octanol–water partition coefficient (Wildman–Crippen LogP) is 5.04. The monoisotopic (exact) mass is 549 g/mol. The zero-order valence-corrected chi connectivity index (χ0v) is 24.8. The molecule has 0 aromatic heterocycles. The molecule has 2 aliphatic rings. The van der Waals surface area contributed by atoms with Gasteiger partial charge in [-0.05, 0) is 69.7 Å². The van der Waals surface area contributed by atoms with Crippen molar-refractivity contribution < 1.29 is 19.1 Å². The van der Waals surface area contributed by atoms with Gasteiger partial charge in [0, 0.05) is 80.3 Å². The van der Waals surface area contributed by atoms with Crippen LogP contribution in [0.5, 0.6) is 0 Å². The standard InChI is InChI=1S/C31H43N5O4/c1-8-26-20(2)28(33-23-11-9-22(10-12-23)29(38)32-7)25-19-24(13-14-27(25)36(26)21(3)37)34-15-17-35(18-16-34)30(39)40-31(4,5)6/h9-14,19-20,26,28,33H,8,15-18H2,1-7H3,(H,32,38)/t20-,26?,28?/m0/s1. The van der Waals surface area contributed by atoms with Crippen LogP contribution in [0.3, 0.4) is 0 Å². The lowest BCUT2D eigenvalue weighted by atomic mass is 9.80. The summed E-state index contributed by atoms with van der Waals surface area (Å²) >= 11 is 0. The Labute approximate surface area is 237 Å². The highest BCUT2D eigenvalue weighted by molar-refractivity contribution is 5.95. The second-order valence-corrected chi connectivity index (χ2v) is 11.7. The average molecular weight is 550 g/mol. The maximum Gasteiger partial charge on any atom is 0.410 e. The van der Waals surface area contributed by atoms with E-state index in [-0.39, 0.29) is 35.9 Å². The third-order valence-electron chi connectivity index (χ3n) is 7.82. The van der Waals surface area contributed by atoms with Crippen molar-refractivity contribution in [3.05, 3.63) is 53.6 Å². The largest absolute Gasteiger partial charge is 0.444 e. The Morgan fingerprint density at radius 3 is 2.20 bits per heavy atom. The molecule has 2 unspecified atom stereocenters. The Morgan fingerprint density at radius 1 is 1.00 bits per heavy atom. The quantitative estimate of drug-likeness (QED) is 0.543. The molecule has 9 nitrogen and oxygen atoms in total. The van der Waals surface area contributed by atoms with Crippen molar-refractivity contribution in [2.24, 2.45) is 5.92 Å². The zero-order chi connectivity index (χ0) is 29.2. The van der Waals surface area contributed by atoms with E-state index in [1.165, 1.54) is 0 Å². The minimum absolute atomic E-state index is 0.0343. The number of carbonyl (C=O) groups is 3. The van der Waals surface area contributed by atoms with Crippen LogP contribution in [0.2, 0.25) is 0 Å². The van der Waals surface area contributed by atoms with Gasteiger partial charge in [0.25, 0.3) is 5.91 Å². The van der Waals surface area contributed by atoms with Gasteiger partial charge in [-0.1, -0.05) is 13.8 Å². The molecular weight excluding hydrogens is 506 g/mol. The van der Waals surface area contributed by atoms with Gasteiger partial charge in [-0.15, -0.1) is 0 Å². The number of piperazine rings is 1. The molecule has 0 aliphatic carbocycles. The van der Waals surface area contributed by atoms with E-state index < -0.39 is 5.60 Å². The molecule has 2 aromatic rings. The summed E-state index contributed by atoms with van der Waals surface area (Å²) in [5.41, 5.74) is 4.05. The predicted molar refractivity (Wildman–Crippen MR) is 159 cm³/mol. The Bertz CT molecular complexity index is 1230.